The second kappa shape index (κ2) is 5.07. The van der Waals surface area contributed by atoms with Crippen molar-refractivity contribution in [3.63, 3.8) is 0 Å². The molecule has 2 aromatic rings. The molecule has 0 fully saturated rings. The predicted octanol–water partition coefficient (Wildman–Crippen LogP) is 1.76. The topological polar surface area (TPSA) is 72.3 Å². The average molecular weight is 229 g/mol. The Balaban J connectivity index is 1.98. The van der Waals surface area contributed by atoms with Crippen LogP contribution in [0.2, 0.25) is 0 Å². The average Bonchev–Trinajstić information content (AvgIpc) is 2.38. The molecule has 2 aromatic heterocycles. The van der Waals surface area contributed by atoms with Gasteiger partial charge in [0.05, 0.1) is 11.3 Å². The zero-order valence-corrected chi connectivity index (χ0v) is 8.78. The lowest BCUT2D eigenvalue weighted by atomic mass is 10.3. The number of rotatable bonds is 4. The van der Waals surface area contributed by atoms with Crippen LogP contribution in [0.25, 0.3) is 0 Å². The molecule has 0 aliphatic carbocycles. The van der Waals surface area contributed by atoms with Gasteiger partial charge in [0.2, 0.25) is 5.88 Å². The number of carboxylic acids is 1. The molecular weight excluding hydrogens is 220 g/mol. The van der Waals surface area contributed by atoms with E-state index in [-0.39, 0.29) is 5.56 Å². The van der Waals surface area contributed by atoms with Crippen LogP contribution in [0.1, 0.15) is 16.1 Å². The molecule has 5 heteroatoms. The van der Waals surface area contributed by atoms with E-state index < -0.39 is 5.97 Å². The van der Waals surface area contributed by atoms with Gasteiger partial charge < -0.3 is 9.84 Å². The lowest BCUT2D eigenvalue weighted by molar-refractivity contribution is 0.0696. The van der Waals surface area contributed by atoms with Crippen molar-refractivity contribution in [2.75, 3.05) is 0 Å². The molecule has 0 saturated carbocycles. The van der Waals surface area contributed by atoms with E-state index in [0.717, 1.165) is 0 Å². The summed E-state index contributed by atoms with van der Waals surface area (Å²) in [6, 6.07) is 8.34. The van der Waals surface area contributed by atoms with E-state index in [1.54, 1.807) is 18.3 Å². The molecule has 1 N–H and O–H groups in total. The zero-order valence-electron chi connectivity index (χ0n) is 8.78. The van der Waals surface area contributed by atoms with E-state index in [4.69, 9.17) is 9.84 Å². The summed E-state index contributed by atoms with van der Waals surface area (Å²) in [6.07, 6.45) is 2.89. The Hall–Kier alpha value is -2.43. The molecule has 85 valence electrons. The first-order valence-corrected chi connectivity index (χ1v) is 4.86. The molecule has 0 aliphatic heterocycles. The van der Waals surface area contributed by atoms with Gasteiger partial charge in [-0.25, -0.2) is 9.78 Å². The van der Waals surface area contributed by atoms with E-state index >= 15 is 0 Å². The third-order valence-corrected chi connectivity index (χ3v) is 1.97. The summed E-state index contributed by atoms with van der Waals surface area (Å²) < 4.78 is 5.24. The van der Waals surface area contributed by atoms with Gasteiger partial charge in [-0.15, -0.1) is 0 Å². The summed E-state index contributed by atoms with van der Waals surface area (Å²) >= 11 is 0. The third-order valence-electron chi connectivity index (χ3n) is 1.97. The van der Waals surface area contributed by atoms with Gasteiger partial charge in [0.1, 0.15) is 0 Å². The molecule has 0 saturated heterocycles. The first kappa shape index (κ1) is 11.1. The number of hydrogen-bond acceptors (Lipinski definition) is 4. The van der Waals surface area contributed by atoms with Gasteiger partial charge in [-0.2, -0.15) is 0 Å². The summed E-state index contributed by atoms with van der Waals surface area (Å²) in [5, 5.41) is 8.68. The Morgan fingerprint density at radius 2 is 2.12 bits per heavy atom. The first-order valence-electron chi connectivity index (χ1n) is 4.86. The van der Waals surface area contributed by atoms with Gasteiger partial charge in [0.15, 0.2) is 6.61 Å². The van der Waals surface area contributed by atoms with E-state index in [1.807, 2.05) is 6.07 Å². The lowest BCUT2D eigenvalue weighted by Gasteiger charge is -2.03. The van der Waals surface area contributed by atoms with Gasteiger partial charge in [-0.05, 0) is 18.2 Å². The zero-order chi connectivity index (χ0) is 12.1. The normalized spacial score (nSPS) is 9.88. The molecule has 2 rings (SSSR count). The number of ether oxygens (including phenoxy) is 1. The maximum Gasteiger partial charge on any atom is 0.337 e. The highest BCUT2D eigenvalue weighted by atomic mass is 16.5. The van der Waals surface area contributed by atoms with Crippen LogP contribution in [0.15, 0.2) is 42.7 Å². The molecule has 0 unspecified atom stereocenters. The van der Waals surface area contributed by atoms with E-state index in [2.05, 4.69) is 9.97 Å². The fourth-order valence-corrected chi connectivity index (χ4v) is 1.14. The van der Waals surface area contributed by atoms with Crippen LogP contribution in [-0.4, -0.2) is 21.0 Å². The van der Waals surface area contributed by atoms with Gasteiger partial charge in [-0.3, -0.25) is 4.98 Å². The Labute approximate surface area is 97.7 Å². The van der Waals surface area contributed by atoms with Crippen LogP contribution in [0, 0.1) is 6.61 Å². The number of carboxylic acid groups (broad SMARTS) is 1. The monoisotopic (exact) mass is 229 g/mol. The van der Waals surface area contributed by atoms with Crippen LogP contribution in [0.4, 0.5) is 0 Å². The fourth-order valence-electron chi connectivity index (χ4n) is 1.14. The van der Waals surface area contributed by atoms with Crippen LogP contribution < -0.4 is 4.74 Å². The largest absolute Gasteiger partial charge is 0.478 e. The summed E-state index contributed by atoms with van der Waals surface area (Å²) in [5.41, 5.74) is 0.784. The molecule has 0 spiro atoms. The standard InChI is InChI=1S/C12H9N2O3/c15-12(16)9-4-5-11(14-7-9)17-8-10-3-1-2-6-13-10/h1-8H,(H,15,16). The molecule has 0 atom stereocenters. The summed E-state index contributed by atoms with van der Waals surface area (Å²) in [5.74, 6) is -0.696. The fraction of sp³-hybridized carbons (Fsp3) is 0. The van der Waals surface area contributed by atoms with Crippen molar-refractivity contribution in [2.24, 2.45) is 0 Å². The van der Waals surface area contributed by atoms with Crippen molar-refractivity contribution >= 4 is 5.97 Å². The van der Waals surface area contributed by atoms with Gasteiger partial charge in [0, 0.05) is 18.5 Å². The van der Waals surface area contributed by atoms with Crippen LogP contribution in [0.5, 0.6) is 5.88 Å². The number of carbonyl (C=O) groups is 1. The second-order valence-electron chi connectivity index (χ2n) is 3.18. The molecule has 0 aromatic carbocycles. The molecule has 2 heterocycles. The molecule has 17 heavy (non-hydrogen) atoms. The minimum absolute atomic E-state index is 0.121. The highest BCUT2D eigenvalue weighted by Gasteiger charge is 2.04. The number of nitrogens with zero attached hydrogens (tertiary/aromatic N) is 2. The Morgan fingerprint density at radius 1 is 1.24 bits per heavy atom. The smallest absolute Gasteiger partial charge is 0.337 e. The number of aromatic nitrogens is 2. The summed E-state index contributed by atoms with van der Waals surface area (Å²) in [6.45, 7) is 1.45. The Morgan fingerprint density at radius 3 is 2.71 bits per heavy atom. The van der Waals surface area contributed by atoms with Gasteiger partial charge in [-0.1, -0.05) is 6.07 Å². The Bertz CT molecular complexity index is 497. The maximum absolute atomic E-state index is 10.6. The number of hydrogen-bond donors (Lipinski definition) is 1. The first-order chi connectivity index (χ1) is 8.25. The molecule has 0 aliphatic rings. The summed E-state index contributed by atoms with van der Waals surface area (Å²) in [7, 11) is 0. The number of pyridine rings is 2. The van der Waals surface area contributed by atoms with E-state index in [1.165, 1.54) is 24.9 Å². The van der Waals surface area contributed by atoms with E-state index in [0.29, 0.717) is 11.6 Å². The van der Waals surface area contributed by atoms with Crippen molar-refractivity contribution in [1.29, 1.82) is 0 Å². The predicted molar refractivity (Wildman–Crippen MR) is 59.5 cm³/mol. The minimum atomic E-state index is -1.02. The quantitative estimate of drug-likeness (QED) is 0.864. The molecule has 1 radical (unpaired) electrons. The van der Waals surface area contributed by atoms with Crippen LogP contribution in [-0.2, 0) is 0 Å². The van der Waals surface area contributed by atoms with Crippen molar-refractivity contribution in [2.45, 2.75) is 0 Å². The van der Waals surface area contributed by atoms with Crippen molar-refractivity contribution in [1.82, 2.24) is 9.97 Å². The van der Waals surface area contributed by atoms with Gasteiger partial charge >= 0.3 is 5.97 Å². The van der Waals surface area contributed by atoms with Crippen molar-refractivity contribution in [3.05, 3.63) is 60.6 Å². The highest BCUT2D eigenvalue weighted by molar-refractivity contribution is 5.87. The minimum Gasteiger partial charge on any atom is -0.478 e. The van der Waals surface area contributed by atoms with Crippen molar-refractivity contribution in [3.8, 4) is 5.88 Å². The lowest BCUT2D eigenvalue weighted by Crippen LogP contribution is -1.99. The van der Waals surface area contributed by atoms with E-state index in [9.17, 15) is 4.79 Å². The molecule has 0 bridgehead atoms. The van der Waals surface area contributed by atoms with Crippen molar-refractivity contribution < 1.29 is 14.6 Å². The summed E-state index contributed by atoms with van der Waals surface area (Å²) in [4.78, 5) is 18.5. The number of aromatic carboxylic acids is 1. The molecular formula is C12H9N2O3. The van der Waals surface area contributed by atoms with Crippen LogP contribution >= 0.6 is 0 Å². The highest BCUT2D eigenvalue weighted by Crippen LogP contribution is 2.10. The third kappa shape index (κ3) is 3.01. The van der Waals surface area contributed by atoms with Gasteiger partial charge in [0.25, 0.3) is 0 Å². The van der Waals surface area contributed by atoms with Crippen LogP contribution in [0.3, 0.4) is 0 Å². The second-order valence-corrected chi connectivity index (χ2v) is 3.18. The maximum atomic E-state index is 10.6. The Kier molecular flexibility index (Phi) is 3.30. The molecule has 0 amide bonds. The molecule has 5 nitrogen and oxygen atoms in total. The SMILES string of the molecule is O=C(O)c1ccc(O[CH]c2ccccn2)nc1.